The van der Waals surface area contributed by atoms with Crippen LogP contribution in [0.4, 0.5) is 5.69 Å². The van der Waals surface area contributed by atoms with Crippen molar-refractivity contribution < 1.29 is 9.47 Å². The molecule has 2 aromatic carbocycles. The average Bonchev–Trinajstić information content (AvgIpc) is 2.62. The molecule has 1 heterocycles. The third kappa shape index (κ3) is 4.06. The Hall–Kier alpha value is -2.79. The van der Waals surface area contributed by atoms with Crippen molar-refractivity contribution in [3.8, 4) is 23.3 Å². The summed E-state index contributed by atoms with van der Waals surface area (Å²) < 4.78 is 11.5. The Morgan fingerprint density at radius 2 is 1.50 bits per heavy atom. The molecule has 0 aliphatic rings. The van der Waals surface area contributed by atoms with Crippen molar-refractivity contribution in [2.24, 2.45) is 0 Å². The van der Waals surface area contributed by atoms with E-state index in [2.05, 4.69) is 23.8 Å². The van der Waals surface area contributed by atoms with Crippen molar-refractivity contribution in [1.29, 1.82) is 0 Å². The van der Waals surface area contributed by atoms with Gasteiger partial charge in [-0.2, -0.15) is 9.97 Å². The number of halogens is 1. The van der Waals surface area contributed by atoms with Gasteiger partial charge in [0.05, 0.1) is 0 Å². The van der Waals surface area contributed by atoms with Crippen LogP contribution in [-0.2, 0) is 0 Å². The van der Waals surface area contributed by atoms with Crippen molar-refractivity contribution in [3.05, 3.63) is 64.9 Å². The number of nitrogen functional groups attached to an aromatic ring is 1. The Bertz CT molecular complexity index is 911. The van der Waals surface area contributed by atoms with Crippen LogP contribution in [0.2, 0.25) is 5.02 Å². The number of hydrogen-bond acceptors (Lipinski definition) is 5. The number of rotatable bonds is 5. The first-order valence-electron chi connectivity index (χ1n) is 8.26. The van der Waals surface area contributed by atoms with Gasteiger partial charge in [0.15, 0.2) is 5.69 Å². The van der Waals surface area contributed by atoms with Gasteiger partial charge in [0.2, 0.25) is 11.8 Å². The maximum atomic E-state index is 6.12. The lowest BCUT2D eigenvalue weighted by atomic mass is 10.0. The molecule has 2 N–H and O–H groups in total. The third-order valence-corrected chi connectivity index (χ3v) is 4.34. The van der Waals surface area contributed by atoms with Gasteiger partial charge in [-0.25, -0.2) is 0 Å². The maximum Gasteiger partial charge on any atom is 0.249 e. The molecule has 0 bridgehead atoms. The minimum absolute atomic E-state index is 0.230. The number of ether oxygens (including phenoxy) is 2. The summed E-state index contributed by atoms with van der Waals surface area (Å²) in [6, 6.07) is 13.1. The number of benzene rings is 2. The Morgan fingerprint density at radius 1 is 0.923 bits per heavy atom. The summed E-state index contributed by atoms with van der Waals surface area (Å²) in [5.41, 5.74) is 8.49. The molecule has 0 aliphatic heterocycles. The highest BCUT2D eigenvalue weighted by Gasteiger charge is 2.13. The van der Waals surface area contributed by atoms with Crippen LogP contribution in [0.15, 0.2) is 48.8 Å². The first-order valence-corrected chi connectivity index (χ1v) is 8.64. The molecule has 1 aromatic heterocycles. The first-order chi connectivity index (χ1) is 12.4. The summed E-state index contributed by atoms with van der Waals surface area (Å²) in [5.74, 6) is 2.17. The van der Waals surface area contributed by atoms with Crippen LogP contribution in [0.1, 0.15) is 30.9 Å². The van der Waals surface area contributed by atoms with Crippen molar-refractivity contribution >= 4 is 17.3 Å². The van der Waals surface area contributed by atoms with Gasteiger partial charge in [0.1, 0.15) is 17.8 Å². The topological polar surface area (TPSA) is 70.3 Å². The zero-order valence-electron chi connectivity index (χ0n) is 14.9. The van der Waals surface area contributed by atoms with Crippen LogP contribution >= 0.6 is 11.6 Å². The lowest BCUT2D eigenvalue weighted by Gasteiger charge is -2.12. The lowest BCUT2D eigenvalue weighted by Crippen LogP contribution is -2.00. The number of nitrogens with zero attached hydrogens (tertiary/aromatic N) is 2. The Morgan fingerprint density at radius 3 is 2.08 bits per heavy atom. The smallest absolute Gasteiger partial charge is 0.249 e. The molecule has 0 amide bonds. The molecule has 0 atom stereocenters. The summed E-state index contributed by atoms with van der Waals surface area (Å²) >= 11 is 6.04. The van der Waals surface area contributed by atoms with E-state index in [1.165, 1.54) is 11.9 Å². The van der Waals surface area contributed by atoms with E-state index in [0.717, 1.165) is 5.56 Å². The molecule has 26 heavy (non-hydrogen) atoms. The van der Waals surface area contributed by atoms with Gasteiger partial charge in [-0.05, 0) is 54.3 Å². The predicted molar refractivity (Wildman–Crippen MR) is 103 cm³/mol. The monoisotopic (exact) mass is 369 g/mol. The minimum Gasteiger partial charge on any atom is -0.437 e. The van der Waals surface area contributed by atoms with E-state index in [1.54, 1.807) is 12.1 Å². The van der Waals surface area contributed by atoms with E-state index in [1.807, 2.05) is 37.3 Å². The van der Waals surface area contributed by atoms with E-state index >= 15 is 0 Å². The number of nitrogens with two attached hydrogens (primary N) is 1. The normalized spacial score (nSPS) is 10.8. The number of aromatic nitrogens is 2. The number of anilines is 1. The largest absolute Gasteiger partial charge is 0.437 e. The Balaban J connectivity index is 1.81. The highest BCUT2D eigenvalue weighted by molar-refractivity contribution is 6.31. The Kier molecular flexibility index (Phi) is 5.28. The van der Waals surface area contributed by atoms with Crippen molar-refractivity contribution in [2.45, 2.75) is 26.7 Å². The van der Waals surface area contributed by atoms with E-state index in [9.17, 15) is 0 Å². The van der Waals surface area contributed by atoms with Crippen molar-refractivity contribution in [3.63, 3.8) is 0 Å². The van der Waals surface area contributed by atoms with Crippen LogP contribution in [-0.4, -0.2) is 9.97 Å². The molecule has 0 radical (unpaired) electrons. The van der Waals surface area contributed by atoms with Crippen molar-refractivity contribution in [1.82, 2.24) is 9.97 Å². The van der Waals surface area contributed by atoms with Crippen molar-refractivity contribution in [2.75, 3.05) is 5.73 Å². The summed E-state index contributed by atoms with van der Waals surface area (Å²) in [5, 5.41) is 0.668. The summed E-state index contributed by atoms with van der Waals surface area (Å²) in [6.45, 7) is 6.18. The standard InChI is InChI=1S/C20H20ClN3O2/c1-12(2)14-4-6-15(7-5-14)25-19-18(22)20(24-11-23-19)26-16-8-9-17(21)13(3)10-16/h4-12H,22H2,1-3H3. The highest BCUT2D eigenvalue weighted by Crippen LogP contribution is 2.34. The van der Waals surface area contributed by atoms with Crippen LogP contribution in [0, 0.1) is 6.92 Å². The Labute approximate surface area is 157 Å². The molecule has 0 saturated carbocycles. The van der Waals surface area contributed by atoms with E-state index < -0.39 is 0 Å². The van der Waals surface area contributed by atoms with Crippen LogP contribution in [0.25, 0.3) is 0 Å². The molecule has 0 spiro atoms. The number of hydrogen-bond donors (Lipinski definition) is 1. The highest BCUT2D eigenvalue weighted by atomic mass is 35.5. The molecule has 0 fully saturated rings. The van der Waals surface area contributed by atoms with Gasteiger partial charge in [0, 0.05) is 5.02 Å². The molecule has 0 aliphatic carbocycles. The zero-order chi connectivity index (χ0) is 18.7. The van der Waals surface area contributed by atoms with Crippen LogP contribution < -0.4 is 15.2 Å². The second kappa shape index (κ2) is 7.62. The lowest BCUT2D eigenvalue weighted by molar-refractivity contribution is 0.438. The summed E-state index contributed by atoms with van der Waals surface area (Å²) in [6.07, 6.45) is 1.35. The average molecular weight is 370 g/mol. The molecule has 6 heteroatoms. The van der Waals surface area contributed by atoms with Crippen LogP contribution in [0.3, 0.4) is 0 Å². The molecule has 3 rings (SSSR count). The van der Waals surface area contributed by atoms with Crippen LogP contribution in [0.5, 0.6) is 23.3 Å². The van der Waals surface area contributed by atoms with Gasteiger partial charge in [0.25, 0.3) is 0 Å². The summed E-state index contributed by atoms with van der Waals surface area (Å²) in [7, 11) is 0. The van der Waals surface area contributed by atoms with Gasteiger partial charge in [-0.1, -0.05) is 37.6 Å². The maximum absolute atomic E-state index is 6.12. The van der Waals surface area contributed by atoms with E-state index in [0.29, 0.717) is 22.4 Å². The molecule has 5 nitrogen and oxygen atoms in total. The zero-order valence-corrected chi connectivity index (χ0v) is 15.6. The molecule has 0 saturated heterocycles. The second-order valence-corrected chi connectivity index (χ2v) is 6.64. The molecular formula is C20H20ClN3O2. The predicted octanol–water partition coefficient (Wildman–Crippen LogP) is 5.73. The number of aryl methyl sites for hydroxylation is 1. The minimum atomic E-state index is 0.230. The van der Waals surface area contributed by atoms with E-state index in [4.69, 9.17) is 26.8 Å². The third-order valence-electron chi connectivity index (χ3n) is 3.92. The van der Waals surface area contributed by atoms with Gasteiger partial charge >= 0.3 is 0 Å². The van der Waals surface area contributed by atoms with E-state index in [-0.39, 0.29) is 17.4 Å². The first kappa shape index (κ1) is 18.0. The molecule has 134 valence electrons. The van der Waals surface area contributed by atoms with Gasteiger partial charge < -0.3 is 15.2 Å². The van der Waals surface area contributed by atoms with Gasteiger partial charge in [-0.15, -0.1) is 0 Å². The SMILES string of the molecule is Cc1cc(Oc2ncnc(Oc3ccc(C(C)C)cc3)c2N)ccc1Cl. The summed E-state index contributed by atoms with van der Waals surface area (Å²) in [4.78, 5) is 8.20. The quantitative estimate of drug-likeness (QED) is 0.622. The van der Waals surface area contributed by atoms with Gasteiger partial charge in [-0.3, -0.25) is 0 Å². The molecule has 3 aromatic rings. The molecular weight excluding hydrogens is 350 g/mol. The fourth-order valence-electron chi connectivity index (χ4n) is 2.35. The fraction of sp³-hybridized carbons (Fsp3) is 0.200. The second-order valence-electron chi connectivity index (χ2n) is 6.24. The fourth-order valence-corrected chi connectivity index (χ4v) is 2.47. The molecule has 0 unspecified atom stereocenters.